The van der Waals surface area contributed by atoms with E-state index >= 15 is 4.39 Å². The Bertz CT molecular complexity index is 1550. The van der Waals surface area contributed by atoms with Gasteiger partial charge in [-0.05, 0) is 25.5 Å². The summed E-state index contributed by atoms with van der Waals surface area (Å²) in [7, 11) is 0. The third kappa shape index (κ3) is 4.10. The minimum atomic E-state index is -5.05. The zero-order valence-electron chi connectivity index (χ0n) is 21.5. The van der Waals surface area contributed by atoms with Crippen LogP contribution in [0.5, 0.6) is 5.88 Å². The standard InChI is InChI=1S/C25H25F5N8O2/c1-10-17(25(28,29)30)12(7-13(31)18(10)26)20-19(27)21-16-22(36-24(35-21)37-5-4-33-15(39)9-37)38-6-3-32-8-14(38)11(2)40-23(16)34-20/h7,11,14,32H,3-6,8-9,31H2,1-2H3,(H,33,39)/t11-,14-/m0/s1. The number of nitrogen functional groups attached to an aromatic ring is 1. The molecule has 4 N–H and O–H groups in total. The third-order valence-corrected chi connectivity index (χ3v) is 7.50. The molecule has 3 aromatic rings. The van der Waals surface area contributed by atoms with Gasteiger partial charge < -0.3 is 30.9 Å². The summed E-state index contributed by atoms with van der Waals surface area (Å²) in [6.45, 7) is 4.86. The van der Waals surface area contributed by atoms with Gasteiger partial charge in [-0.3, -0.25) is 4.79 Å². The van der Waals surface area contributed by atoms with Crippen LogP contribution in [0.3, 0.4) is 0 Å². The fraction of sp³-hybridized carbons (Fsp3) is 0.440. The molecule has 2 atom stereocenters. The molecule has 2 saturated heterocycles. The van der Waals surface area contributed by atoms with Gasteiger partial charge in [-0.2, -0.15) is 18.2 Å². The van der Waals surface area contributed by atoms with E-state index in [1.165, 1.54) is 0 Å². The monoisotopic (exact) mass is 564 g/mol. The second kappa shape index (κ2) is 9.28. The van der Waals surface area contributed by atoms with Crippen molar-refractivity contribution in [2.45, 2.75) is 32.2 Å². The number of carbonyl (C=O) groups is 1. The number of fused-ring (bicyclic) bond motifs is 2. The van der Waals surface area contributed by atoms with Gasteiger partial charge >= 0.3 is 6.18 Å². The van der Waals surface area contributed by atoms with Gasteiger partial charge in [-0.25, -0.2) is 18.7 Å². The van der Waals surface area contributed by atoms with Crippen LogP contribution in [-0.4, -0.2) is 72.3 Å². The molecule has 15 heteroatoms. The highest BCUT2D eigenvalue weighted by Gasteiger charge is 2.41. The maximum absolute atomic E-state index is 16.4. The fourth-order valence-corrected chi connectivity index (χ4v) is 5.57. The Morgan fingerprint density at radius 2 is 1.90 bits per heavy atom. The highest BCUT2D eigenvalue weighted by molar-refractivity contribution is 5.98. The van der Waals surface area contributed by atoms with Crippen molar-refractivity contribution in [3.8, 4) is 17.1 Å². The van der Waals surface area contributed by atoms with Gasteiger partial charge in [0.2, 0.25) is 17.7 Å². The van der Waals surface area contributed by atoms with E-state index in [1.807, 2.05) is 4.90 Å². The summed E-state index contributed by atoms with van der Waals surface area (Å²) in [5.41, 5.74) is 1.12. The van der Waals surface area contributed by atoms with Crippen LogP contribution in [0.1, 0.15) is 18.1 Å². The number of nitrogens with one attached hydrogen (secondary N) is 2. The smallest absolute Gasteiger partial charge is 0.417 e. The van der Waals surface area contributed by atoms with Crippen LogP contribution in [0.4, 0.5) is 39.4 Å². The Kier molecular flexibility index (Phi) is 6.09. The summed E-state index contributed by atoms with van der Waals surface area (Å²) in [4.78, 5) is 28.9. The predicted molar refractivity (Wildman–Crippen MR) is 136 cm³/mol. The van der Waals surface area contributed by atoms with Crippen molar-refractivity contribution >= 4 is 34.3 Å². The molecule has 0 unspecified atom stereocenters. The van der Waals surface area contributed by atoms with E-state index < -0.39 is 52.0 Å². The molecular weight excluding hydrogens is 539 g/mol. The van der Waals surface area contributed by atoms with E-state index in [0.717, 1.165) is 13.0 Å². The number of rotatable bonds is 2. The Balaban J connectivity index is 1.67. The van der Waals surface area contributed by atoms with Crippen molar-refractivity contribution in [3.63, 3.8) is 0 Å². The number of halogens is 5. The van der Waals surface area contributed by atoms with Crippen LogP contribution in [0.25, 0.3) is 22.2 Å². The first-order valence-electron chi connectivity index (χ1n) is 12.7. The number of aromatic nitrogens is 3. The summed E-state index contributed by atoms with van der Waals surface area (Å²) in [5, 5.41) is 6.08. The topological polar surface area (TPSA) is 122 Å². The van der Waals surface area contributed by atoms with E-state index in [0.29, 0.717) is 38.5 Å². The van der Waals surface area contributed by atoms with Crippen molar-refractivity contribution < 1.29 is 31.5 Å². The molecule has 212 valence electrons. The summed E-state index contributed by atoms with van der Waals surface area (Å²) in [6.07, 6.45) is -5.57. The number of pyridine rings is 1. The van der Waals surface area contributed by atoms with Crippen LogP contribution >= 0.6 is 0 Å². The lowest BCUT2D eigenvalue weighted by atomic mass is 9.96. The van der Waals surface area contributed by atoms with Gasteiger partial charge in [0.05, 0.1) is 23.8 Å². The van der Waals surface area contributed by atoms with Crippen molar-refractivity contribution in [1.82, 2.24) is 25.6 Å². The zero-order valence-corrected chi connectivity index (χ0v) is 21.5. The Hall–Kier alpha value is -4.01. The average molecular weight is 565 g/mol. The molecule has 0 aliphatic carbocycles. The molecular formula is C25H25F5N8O2. The summed E-state index contributed by atoms with van der Waals surface area (Å²) < 4.78 is 79.7. The molecule has 1 amide bonds. The van der Waals surface area contributed by atoms with Crippen LogP contribution in [0.2, 0.25) is 0 Å². The van der Waals surface area contributed by atoms with Crippen molar-refractivity contribution in [1.29, 1.82) is 0 Å². The third-order valence-electron chi connectivity index (χ3n) is 7.50. The number of alkyl halides is 3. The highest BCUT2D eigenvalue weighted by Crippen LogP contribution is 2.46. The molecule has 10 nitrogen and oxygen atoms in total. The molecule has 3 aliphatic heterocycles. The molecule has 6 rings (SSSR count). The molecule has 0 saturated carbocycles. The SMILES string of the molecule is Cc1c(F)c(N)cc(-c2nc3c4c(nc(N5CCNC(=O)C5)nc4c2F)N2CCNC[C@H]2[C@H](C)O3)c1C(F)(F)F. The van der Waals surface area contributed by atoms with Crippen molar-refractivity contribution in [2.75, 3.05) is 54.8 Å². The van der Waals surface area contributed by atoms with E-state index in [2.05, 4.69) is 20.6 Å². The van der Waals surface area contributed by atoms with E-state index in [-0.39, 0.29) is 41.2 Å². The lowest BCUT2D eigenvalue weighted by molar-refractivity contribution is -0.137. The van der Waals surface area contributed by atoms with Crippen LogP contribution in [0.15, 0.2) is 6.07 Å². The second-order valence-electron chi connectivity index (χ2n) is 10.0. The Morgan fingerprint density at radius 1 is 1.12 bits per heavy atom. The lowest BCUT2D eigenvalue weighted by Gasteiger charge is -2.38. The fourth-order valence-electron chi connectivity index (χ4n) is 5.57. The Labute approximate surface area is 224 Å². The minimum absolute atomic E-state index is 0.0389. The van der Waals surface area contributed by atoms with Gasteiger partial charge in [0.25, 0.3) is 0 Å². The molecule has 1 aromatic carbocycles. The Morgan fingerprint density at radius 3 is 2.62 bits per heavy atom. The van der Waals surface area contributed by atoms with Crippen LogP contribution < -0.4 is 30.9 Å². The van der Waals surface area contributed by atoms with E-state index in [4.69, 9.17) is 15.5 Å². The number of piperazine rings is 2. The number of nitrogens with two attached hydrogens (primary N) is 1. The number of carbonyl (C=O) groups excluding carboxylic acids is 1. The first-order valence-corrected chi connectivity index (χ1v) is 12.7. The lowest BCUT2D eigenvalue weighted by Crippen LogP contribution is -2.57. The van der Waals surface area contributed by atoms with E-state index in [1.54, 1.807) is 11.8 Å². The summed E-state index contributed by atoms with van der Waals surface area (Å²) >= 11 is 0. The van der Waals surface area contributed by atoms with Crippen molar-refractivity contribution in [3.05, 3.63) is 28.8 Å². The van der Waals surface area contributed by atoms with Gasteiger partial charge in [-0.1, -0.05) is 0 Å². The zero-order chi connectivity index (χ0) is 28.5. The minimum Gasteiger partial charge on any atom is -0.472 e. The largest absolute Gasteiger partial charge is 0.472 e. The maximum atomic E-state index is 16.4. The molecule has 2 aromatic heterocycles. The molecule has 3 aliphatic rings. The second-order valence-corrected chi connectivity index (χ2v) is 10.0. The number of anilines is 3. The van der Waals surface area contributed by atoms with Crippen LogP contribution in [0, 0.1) is 18.6 Å². The number of nitrogens with zero attached hydrogens (tertiary/aromatic N) is 5. The van der Waals surface area contributed by atoms with Crippen LogP contribution in [-0.2, 0) is 11.0 Å². The highest BCUT2D eigenvalue weighted by atomic mass is 19.4. The van der Waals surface area contributed by atoms with Gasteiger partial charge in [0.1, 0.15) is 34.3 Å². The maximum Gasteiger partial charge on any atom is 0.417 e. The van der Waals surface area contributed by atoms with E-state index in [9.17, 15) is 22.4 Å². The molecule has 2 fully saturated rings. The normalized spacial score (nSPS) is 21.1. The number of ether oxygens (including phenoxy) is 1. The van der Waals surface area contributed by atoms with Gasteiger partial charge in [0.15, 0.2) is 5.82 Å². The molecule has 0 radical (unpaired) electrons. The first kappa shape index (κ1) is 26.2. The summed E-state index contributed by atoms with van der Waals surface area (Å²) in [6, 6.07) is 0.458. The predicted octanol–water partition coefficient (Wildman–Crippen LogP) is 2.37. The molecule has 40 heavy (non-hydrogen) atoms. The number of hydrogen-bond donors (Lipinski definition) is 3. The number of hydrogen-bond acceptors (Lipinski definition) is 9. The molecule has 0 spiro atoms. The molecule has 0 bridgehead atoms. The van der Waals surface area contributed by atoms with Gasteiger partial charge in [0, 0.05) is 38.3 Å². The average Bonchev–Trinajstić information content (AvgIpc) is 3.03. The van der Waals surface area contributed by atoms with Crippen molar-refractivity contribution in [2.24, 2.45) is 0 Å². The first-order chi connectivity index (χ1) is 19.0. The molecule has 5 heterocycles. The number of amides is 1. The van der Waals surface area contributed by atoms with Gasteiger partial charge in [-0.15, -0.1) is 0 Å². The summed E-state index contributed by atoms with van der Waals surface area (Å²) in [5.74, 6) is -2.51. The number of benzene rings is 1. The quantitative estimate of drug-likeness (QED) is 0.318.